The van der Waals surface area contributed by atoms with Crippen LogP contribution in [-0.4, -0.2) is 4.98 Å². The SMILES string of the molecule is [Cl-].[Cl-].[Cl-].[Ti+3][c]1ccccn1. The van der Waals surface area contributed by atoms with Crippen LogP contribution in [0, 0.1) is 0 Å². The number of hydrogen-bond acceptors (Lipinski definition) is 1. The van der Waals surface area contributed by atoms with Crippen LogP contribution in [0.1, 0.15) is 0 Å². The molecule has 0 aromatic carbocycles. The van der Waals surface area contributed by atoms with Crippen molar-refractivity contribution in [2.75, 3.05) is 0 Å². The second-order valence-electron chi connectivity index (χ2n) is 1.21. The van der Waals surface area contributed by atoms with E-state index >= 15 is 0 Å². The van der Waals surface area contributed by atoms with Crippen molar-refractivity contribution in [1.82, 2.24) is 4.98 Å². The van der Waals surface area contributed by atoms with Crippen molar-refractivity contribution >= 4 is 4.00 Å². The predicted molar refractivity (Wildman–Crippen MR) is 23.9 cm³/mol. The first-order valence-electron chi connectivity index (χ1n) is 2.02. The Labute approximate surface area is 90.6 Å². The van der Waals surface area contributed by atoms with Crippen molar-refractivity contribution in [3.05, 3.63) is 24.4 Å². The second kappa shape index (κ2) is 9.73. The van der Waals surface area contributed by atoms with Crippen molar-refractivity contribution in [2.24, 2.45) is 0 Å². The van der Waals surface area contributed by atoms with Gasteiger partial charge in [0.2, 0.25) is 0 Å². The maximum absolute atomic E-state index is 3.98. The molecule has 0 N–H and O–H groups in total. The third kappa shape index (κ3) is 6.85. The Balaban J connectivity index is -0.000000163. The topological polar surface area (TPSA) is 12.9 Å². The summed E-state index contributed by atoms with van der Waals surface area (Å²) in [5, 5.41) is 0. The van der Waals surface area contributed by atoms with Crippen LogP contribution in [-0.2, 0) is 20.4 Å². The van der Waals surface area contributed by atoms with E-state index in [4.69, 9.17) is 0 Å². The zero-order valence-corrected chi connectivity index (χ0v) is 8.72. The quantitative estimate of drug-likeness (QED) is 0.405. The van der Waals surface area contributed by atoms with Gasteiger partial charge in [0.25, 0.3) is 0 Å². The zero-order chi connectivity index (χ0) is 5.11. The average Bonchev–Trinajstić information content (AvgIpc) is 1.69. The standard InChI is InChI=1S/C5H4N.3ClH.Ti/c1-2-4-6-5-3-1;;;;/h1-4H;3*1H;/q;;;;+3/p-3. The van der Waals surface area contributed by atoms with Crippen LogP contribution in [0.3, 0.4) is 0 Å². The molecule has 0 aliphatic rings. The maximum atomic E-state index is 3.98. The van der Waals surface area contributed by atoms with Gasteiger partial charge >= 0.3 is 53.8 Å². The van der Waals surface area contributed by atoms with Crippen LogP contribution in [0.15, 0.2) is 24.4 Å². The van der Waals surface area contributed by atoms with Crippen molar-refractivity contribution in [3.63, 3.8) is 0 Å². The summed E-state index contributed by atoms with van der Waals surface area (Å²) < 4.78 is 1.07. The first kappa shape index (κ1) is 17.0. The summed E-state index contributed by atoms with van der Waals surface area (Å²) >= 11 is 1.97. The number of hydrogen-bond donors (Lipinski definition) is 0. The fraction of sp³-hybridized carbons (Fsp3) is 0. The van der Waals surface area contributed by atoms with E-state index in [9.17, 15) is 0 Å². The Kier molecular flexibility index (Phi) is 16.6. The van der Waals surface area contributed by atoms with Crippen molar-refractivity contribution in [1.29, 1.82) is 0 Å². The normalized spacial score (nSPS) is 6.20. The van der Waals surface area contributed by atoms with Gasteiger partial charge in [-0.05, 0) is 0 Å². The van der Waals surface area contributed by atoms with E-state index in [0.717, 1.165) is 4.00 Å². The van der Waals surface area contributed by atoms with Crippen LogP contribution >= 0.6 is 0 Å². The number of pyridine rings is 1. The molecule has 1 rings (SSSR count). The molecule has 0 saturated heterocycles. The molecule has 5 heteroatoms. The molecule has 0 bridgehead atoms. The molecular formula is C5H4Cl3NTi. The molecular weight excluding hydrogens is 228 g/mol. The first-order chi connectivity index (χ1) is 3.39. The van der Waals surface area contributed by atoms with Gasteiger partial charge in [-0.15, -0.1) is 0 Å². The third-order valence-electron chi connectivity index (χ3n) is 0.665. The molecule has 0 saturated carbocycles. The Morgan fingerprint density at radius 1 is 1.10 bits per heavy atom. The summed E-state index contributed by atoms with van der Waals surface area (Å²) in [7, 11) is 0. The Morgan fingerprint density at radius 2 is 1.70 bits per heavy atom. The molecule has 54 valence electrons. The number of aromatic nitrogens is 1. The molecule has 0 amide bonds. The van der Waals surface area contributed by atoms with Crippen molar-refractivity contribution < 1.29 is 57.7 Å². The van der Waals surface area contributed by atoms with E-state index in [2.05, 4.69) is 4.98 Å². The molecule has 0 spiro atoms. The van der Waals surface area contributed by atoms with E-state index < -0.39 is 0 Å². The predicted octanol–water partition coefficient (Wildman–Crippen LogP) is -8.73. The summed E-state index contributed by atoms with van der Waals surface area (Å²) in [6.07, 6.45) is 1.79. The van der Waals surface area contributed by atoms with E-state index in [-0.39, 0.29) is 37.2 Å². The van der Waals surface area contributed by atoms with Crippen LogP contribution in [0.25, 0.3) is 0 Å². The van der Waals surface area contributed by atoms with Gasteiger partial charge in [-0.1, -0.05) is 0 Å². The summed E-state index contributed by atoms with van der Waals surface area (Å²) in [4.78, 5) is 3.98. The molecule has 1 aromatic rings. The third-order valence-corrected chi connectivity index (χ3v) is 1.13. The molecule has 1 aromatic heterocycles. The molecule has 0 aliphatic heterocycles. The summed E-state index contributed by atoms with van der Waals surface area (Å²) in [5.41, 5.74) is 0. The molecule has 10 heavy (non-hydrogen) atoms. The Hall–Kier alpha value is 0.734. The fourth-order valence-corrected chi connectivity index (χ4v) is 0.629. The van der Waals surface area contributed by atoms with Crippen LogP contribution in [0.2, 0.25) is 0 Å². The molecule has 0 aliphatic carbocycles. The Bertz CT molecular complexity index is 147. The molecule has 0 fully saturated rings. The van der Waals surface area contributed by atoms with E-state index in [1.54, 1.807) is 6.20 Å². The van der Waals surface area contributed by atoms with Gasteiger partial charge in [0, 0.05) is 0 Å². The molecule has 0 unspecified atom stereocenters. The molecule has 1 nitrogen and oxygen atoms in total. The van der Waals surface area contributed by atoms with Gasteiger partial charge in [-0.3, -0.25) is 0 Å². The van der Waals surface area contributed by atoms with Gasteiger partial charge < -0.3 is 37.2 Å². The fourth-order valence-electron chi connectivity index (χ4n) is 0.363. The monoisotopic (exact) mass is 231 g/mol. The molecule has 0 atom stereocenters. The van der Waals surface area contributed by atoms with Gasteiger partial charge in [0.1, 0.15) is 0 Å². The van der Waals surface area contributed by atoms with Gasteiger partial charge in [-0.2, -0.15) is 0 Å². The van der Waals surface area contributed by atoms with Crippen molar-refractivity contribution in [2.45, 2.75) is 0 Å². The van der Waals surface area contributed by atoms with Gasteiger partial charge in [0.15, 0.2) is 0 Å². The Morgan fingerprint density at radius 3 is 1.90 bits per heavy atom. The average molecular weight is 232 g/mol. The minimum absolute atomic E-state index is 0. The van der Waals surface area contributed by atoms with E-state index in [1.807, 2.05) is 38.6 Å². The van der Waals surface area contributed by atoms with E-state index in [0.29, 0.717) is 0 Å². The van der Waals surface area contributed by atoms with Crippen LogP contribution in [0.5, 0.6) is 0 Å². The van der Waals surface area contributed by atoms with E-state index in [1.165, 1.54) is 0 Å². The second-order valence-corrected chi connectivity index (χ2v) is 2.01. The van der Waals surface area contributed by atoms with Gasteiger partial charge in [-0.25, -0.2) is 0 Å². The number of halogens is 3. The van der Waals surface area contributed by atoms with Crippen molar-refractivity contribution in [3.8, 4) is 0 Å². The zero-order valence-electron chi connectivity index (χ0n) is 4.89. The first-order valence-corrected chi connectivity index (χ1v) is 2.80. The number of nitrogens with zero attached hydrogens (tertiary/aromatic N) is 1. The van der Waals surface area contributed by atoms with Crippen LogP contribution in [0.4, 0.5) is 0 Å². The summed E-state index contributed by atoms with van der Waals surface area (Å²) in [5.74, 6) is 0. The molecule has 1 heterocycles. The summed E-state index contributed by atoms with van der Waals surface area (Å²) in [6, 6.07) is 5.86. The minimum atomic E-state index is 0. The number of rotatable bonds is 0. The molecule has 0 radical (unpaired) electrons. The van der Waals surface area contributed by atoms with Gasteiger partial charge in [0.05, 0.1) is 0 Å². The van der Waals surface area contributed by atoms with Crippen LogP contribution < -0.4 is 41.2 Å². The summed E-state index contributed by atoms with van der Waals surface area (Å²) in [6.45, 7) is 0.